The van der Waals surface area contributed by atoms with Crippen molar-refractivity contribution in [3.8, 4) is 0 Å². The van der Waals surface area contributed by atoms with E-state index in [0.29, 0.717) is 36.3 Å². The number of rotatable bonds is 4. The van der Waals surface area contributed by atoms with Gasteiger partial charge < -0.3 is 23.9 Å². The van der Waals surface area contributed by atoms with Crippen LogP contribution in [0.3, 0.4) is 0 Å². The number of esters is 1. The quantitative estimate of drug-likeness (QED) is 0.674. The van der Waals surface area contributed by atoms with E-state index >= 15 is 0 Å². The molecule has 1 fully saturated rings. The summed E-state index contributed by atoms with van der Waals surface area (Å²) in [5.41, 5.74) is 2.30. The summed E-state index contributed by atoms with van der Waals surface area (Å²) in [6.45, 7) is 4.59. The number of methoxy groups -OCH3 is 1. The summed E-state index contributed by atoms with van der Waals surface area (Å²) >= 11 is 0. The Labute approximate surface area is 187 Å². The van der Waals surface area contributed by atoms with E-state index in [4.69, 9.17) is 13.7 Å². The molecule has 1 N–H and O–H groups in total. The van der Waals surface area contributed by atoms with Crippen molar-refractivity contribution in [3.63, 3.8) is 0 Å². The number of aromatic nitrogens is 1. The van der Waals surface area contributed by atoms with E-state index in [1.807, 2.05) is 0 Å². The SMILES string of the molecule is COC(=O)C1=C(c2c(C)noc2C)C[C@@H]2CC[C@H]1N2C(=O)NCc1cc(C)oc1C(F)(F)F. The maximum atomic E-state index is 13.2. The van der Waals surface area contributed by atoms with Gasteiger partial charge in [-0.3, -0.25) is 0 Å². The highest BCUT2D eigenvalue weighted by Gasteiger charge is 2.47. The molecule has 33 heavy (non-hydrogen) atoms. The number of nitrogens with one attached hydrogen (secondary N) is 1. The first-order chi connectivity index (χ1) is 15.5. The normalized spacial score (nSPS) is 20.4. The standard InChI is InChI=1S/C22H24F3N3O5/c1-10-7-13(19(32-10)22(23,24)25)9-26-21(30)28-14-5-6-16(28)18(20(29)31-4)15(8-14)17-11(2)27-33-12(17)3/h7,14,16H,5-6,8-9H2,1-4H3,(H,26,30)/t14-,16+/m0/s1. The molecular weight excluding hydrogens is 443 g/mol. The van der Waals surface area contributed by atoms with Crippen LogP contribution in [-0.2, 0) is 22.3 Å². The van der Waals surface area contributed by atoms with E-state index in [1.54, 1.807) is 13.8 Å². The molecule has 0 radical (unpaired) electrons. The molecule has 4 rings (SSSR count). The number of carbonyl (C=O) groups excluding carboxylic acids is 2. The number of nitrogens with zero attached hydrogens (tertiary/aromatic N) is 2. The molecule has 0 unspecified atom stereocenters. The third kappa shape index (κ3) is 4.00. The van der Waals surface area contributed by atoms with Crippen LogP contribution in [0.25, 0.3) is 5.57 Å². The highest BCUT2D eigenvalue weighted by atomic mass is 19.4. The lowest BCUT2D eigenvalue weighted by Gasteiger charge is -2.37. The molecule has 2 aromatic rings. The van der Waals surface area contributed by atoms with Crippen LogP contribution in [-0.4, -0.2) is 41.3 Å². The van der Waals surface area contributed by atoms with Gasteiger partial charge >= 0.3 is 18.2 Å². The van der Waals surface area contributed by atoms with Gasteiger partial charge in [-0.2, -0.15) is 13.2 Å². The predicted octanol–water partition coefficient (Wildman–Crippen LogP) is 4.28. The Morgan fingerprint density at radius 3 is 2.61 bits per heavy atom. The number of furan rings is 1. The first kappa shape index (κ1) is 22.9. The molecule has 2 atom stereocenters. The lowest BCUT2D eigenvalue weighted by Crippen LogP contribution is -2.50. The summed E-state index contributed by atoms with van der Waals surface area (Å²) in [6, 6.07) is -0.0782. The predicted molar refractivity (Wildman–Crippen MR) is 109 cm³/mol. The summed E-state index contributed by atoms with van der Waals surface area (Å²) in [7, 11) is 1.27. The molecule has 2 amide bonds. The first-order valence-corrected chi connectivity index (χ1v) is 10.5. The maximum absolute atomic E-state index is 13.2. The summed E-state index contributed by atoms with van der Waals surface area (Å²) in [5.74, 6) is -1.02. The number of hydrogen-bond acceptors (Lipinski definition) is 6. The van der Waals surface area contributed by atoms with Gasteiger partial charge in [-0.05, 0) is 51.7 Å². The number of hydrogen-bond donors (Lipinski definition) is 1. The molecule has 2 aliphatic rings. The Bertz CT molecular complexity index is 1110. The van der Waals surface area contributed by atoms with E-state index in [0.717, 1.165) is 11.1 Å². The van der Waals surface area contributed by atoms with Crippen LogP contribution < -0.4 is 5.32 Å². The van der Waals surface area contributed by atoms with E-state index in [1.165, 1.54) is 25.0 Å². The molecule has 8 nitrogen and oxygen atoms in total. The number of ether oxygens (including phenoxy) is 1. The van der Waals surface area contributed by atoms with E-state index in [-0.39, 0.29) is 23.9 Å². The second-order valence-electron chi connectivity index (χ2n) is 8.31. The zero-order valence-corrected chi connectivity index (χ0v) is 18.6. The van der Waals surface area contributed by atoms with Gasteiger partial charge in [0, 0.05) is 23.7 Å². The van der Waals surface area contributed by atoms with E-state index in [9.17, 15) is 22.8 Å². The maximum Gasteiger partial charge on any atom is 0.449 e. The van der Waals surface area contributed by atoms with Gasteiger partial charge in [0.15, 0.2) is 0 Å². The van der Waals surface area contributed by atoms with Crippen molar-refractivity contribution in [2.75, 3.05) is 7.11 Å². The number of fused-ring (bicyclic) bond motifs is 2. The Hall–Kier alpha value is -3.24. The summed E-state index contributed by atoms with van der Waals surface area (Å²) < 4.78 is 54.7. The van der Waals surface area contributed by atoms with Crippen LogP contribution in [0.4, 0.5) is 18.0 Å². The largest absolute Gasteiger partial charge is 0.466 e. The van der Waals surface area contributed by atoms with Crippen molar-refractivity contribution in [2.45, 2.75) is 64.8 Å². The summed E-state index contributed by atoms with van der Waals surface area (Å²) in [6.07, 6.45) is -3.10. The number of urea groups is 1. The third-order valence-electron chi connectivity index (χ3n) is 6.20. The smallest absolute Gasteiger partial charge is 0.449 e. The number of alkyl halides is 3. The Kier molecular flexibility index (Phi) is 5.75. The molecule has 11 heteroatoms. The van der Waals surface area contributed by atoms with Crippen molar-refractivity contribution < 1.29 is 36.4 Å². The lowest BCUT2D eigenvalue weighted by molar-refractivity contribution is -0.154. The second kappa shape index (κ2) is 8.27. The molecule has 0 saturated carbocycles. The number of amides is 2. The Morgan fingerprint density at radius 1 is 1.27 bits per heavy atom. The fourth-order valence-corrected chi connectivity index (χ4v) is 4.94. The lowest BCUT2D eigenvalue weighted by atomic mass is 9.87. The zero-order valence-electron chi connectivity index (χ0n) is 18.6. The van der Waals surface area contributed by atoms with Crippen LogP contribution in [0.15, 0.2) is 20.6 Å². The average Bonchev–Trinajstić information content (AvgIpc) is 3.39. The van der Waals surface area contributed by atoms with Crippen LogP contribution >= 0.6 is 0 Å². The molecule has 2 aromatic heterocycles. The van der Waals surface area contributed by atoms with Crippen LogP contribution in [0.5, 0.6) is 0 Å². The molecule has 0 aromatic carbocycles. The molecule has 1 saturated heterocycles. The van der Waals surface area contributed by atoms with E-state index in [2.05, 4.69) is 10.5 Å². The molecule has 2 aliphatic heterocycles. The minimum Gasteiger partial charge on any atom is -0.466 e. The van der Waals surface area contributed by atoms with Crippen molar-refractivity contribution in [1.82, 2.24) is 15.4 Å². The van der Waals surface area contributed by atoms with Gasteiger partial charge in [0.1, 0.15) is 11.5 Å². The Morgan fingerprint density at radius 2 is 2.00 bits per heavy atom. The average molecular weight is 467 g/mol. The minimum atomic E-state index is -4.66. The summed E-state index contributed by atoms with van der Waals surface area (Å²) in [4.78, 5) is 27.4. The van der Waals surface area contributed by atoms with Crippen molar-refractivity contribution in [1.29, 1.82) is 0 Å². The van der Waals surface area contributed by atoms with Crippen molar-refractivity contribution in [2.24, 2.45) is 0 Å². The Balaban J connectivity index is 1.62. The van der Waals surface area contributed by atoms with Gasteiger partial charge in [-0.25, -0.2) is 9.59 Å². The first-order valence-electron chi connectivity index (χ1n) is 10.5. The second-order valence-corrected chi connectivity index (χ2v) is 8.31. The fourth-order valence-electron chi connectivity index (χ4n) is 4.94. The molecule has 0 spiro atoms. The molecular formula is C22H24F3N3O5. The number of halogens is 3. The van der Waals surface area contributed by atoms with Gasteiger partial charge in [0.2, 0.25) is 5.76 Å². The fraction of sp³-hybridized carbons (Fsp3) is 0.500. The highest BCUT2D eigenvalue weighted by molar-refractivity contribution is 6.01. The van der Waals surface area contributed by atoms with Crippen molar-refractivity contribution >= 4 is 17.6 Å². The third-order valence-corrected chi connectivity index (χ3v) is 6.20. The molecule has 178 valence electrons. The zero-order chi connectivity index (χ0) is 24.1. The van der Waals surface area contributed by atoms with Crippen molar-refractivity contribution in [3.05, 3.63) is 45.7 Å². The monoisotopic (exact) mass is 467 g/mol. The van der Waals surface area contributed by atoms with Gasteiger partial charge in [-0.15, -0.1) is 0 Å². The number of aryl methyl sites for hydroxylation is 3. The van der Waals surface area contributed by atoms with Gasteiger partial charge in [-0.1, -0.05) is 5.16 Å². The summed E-state index contributed by atoms with van der Waals surface area (Å²) in [5, 5.41) is 6.54. The van der Waals surface area contributed by atoms with Crippen LogP contribution in [0.1, 0.15) is 53.4 Å². The van der Waals surface area contributed by atoms with Crippen LogP contribution in [0.2, 0.25) is 0 Å². The number of carbonyl (C=O) groups is 2. The molecule has 0 aliphatic carbocycles. The van der Waals surface area contributed by atoms with Crippen LogP contribution in [0, 0.1) is 20.8 Å². The highest BCUT2D eigenvalue weighted by Crippen LogP contribution is 2.45. The minimum absolute atomic E-state index is 0.102. The van der Waals surface area contributed by atoms with E-state index < -0.39 is 30.0 Å². The molecule has 2 bridgehead atoms. The van der Waals surface area contributed by atoms with Gasteiger partial charge in [0.05, 0.1) is 24.4 Å². The van der Waals surface area contributed by atoms with Gasteiger partial charge in [0.25, 0.3) is 0 Å². The topological polar surface area (TPSA) is 97.8 Å². The molecule has 4 heterocycles.